The molecule has 0 aromatic carbocycles. The Morgan fingerprint density at radius 3 is 0.566 bits per heavy atom. The van der Waals surface area contributed by atoms with Crippen LogP contribution in [0.25, 0.3) is 0 Å². The minimum absolute atomic E-state index is 0.211. The average molecular weight is 774 g/mol. The summed E-state index contributed by atoms with van der Waals surface area (Å²) in [6.45, 7) is 7.70. The molecule has 0 rings (SSSR count). The monoisotopic (exact) mass is 774 g/mol. The molecule has 0 atom stereocenters. The maximum atomic E-state index is 10.5. The van der Waals surface area contributed by atoms with Crippen LogP contribution in [-0.4, -0.2) is 33.5 Å². The van der Waals surface area contributed by atoms with Crippen LogP contribution < -0.4 is 5.73 Å². The number of hydrogen-bond donors (Lipinski definition) is 4. The first kappa shape index (κ1) is 55.4. The van der Waals surface area contributed by atoms with E-state index in [4.69, 9.17) is 5.73 Å². The van der Waals surface area contributed by atoms with Crippen molar-refractivity contribution in [2.24, 2.45) is 5.73 Å². The first-order chi connectivity index (χ1) is 25.8. The van der Waals surface area contributed by atoms with Gasteiger partial charge in [0.1, 0.15) is 0 Å². The Morgan fingerprint density at radius 2 is 0.396 bits per heavy atom. The average Bonchev–Trinajstić information content (AvgIpc) is 3.14. The molecule has 324 valence electrons. The van der Waals surface area contributed by atoms with Gasteiger partial charge in [-0.15, -0.1) is 0 Å². The van der Waals surface area contributed by atoms with Crippen LogP contribution in [0.1, 0.15) is 290 Å². The molecule has 4 nitrogen and oxygen atoms in total. The van der Waals surface area contributed by atoms with Crippen LogP contribution in [0.3, 0.4) is 0 Å². The van der Waals surface area contributed by atoms with Crippen molar-refractivity contribution in [2.75, 3.05) is 18.9 Å². The Kier molecular flexibility index (Phi) is 47.0. The normalized spacial score (nSPS) is 12.5. The maximum absolute atomic E-state index is 10.5. The molecule has 0 radical (unpaired) electrons. The van der Waals surface area contributed by atoms with E-state index in [2.05, 4.69) is 20.8 Å². The zero-order chi connectivity index (χ0) is 39.3. The van der Waals surface area contributed by atoms with E-state index in [1.54, 1.807) is 0 Å². The molecule has 0 bridgehead atoms. The van der Waals surface area contributed by atoms with E-state index in [1.807, 2.05) is 0 Å². The van der Waals surface area contributed by atoms with Crippen molar-refractivity contribution in [2.45, 2.75) is 290 Å². The van der Waals surface area contributed by atoms with E-state index in [0.717, 1.165) is 45.1 Å². The number of nitrogens with two attached hydrogens (primary N) is 1. The van der Waals surface area contributed by atoms with Crippen molar-refractivity contribution in [1.82, 2.24) is 0 Å². The second-order valence-electron chi connectivity index (χ2n) is 17.4. The predicted molar refractivity (Wildman–Crippen MR) is 243 cm³/mol. The quantitative estimate of drug-likeness (QED) is 0.0367. The van der Waals surface area contributed by atoms with Gasteiger partial charge in [-0.3, -0.25) is 0 Å². The van der Waals surface area contributed by atoms with Gasteiger partial charge in [0.05, 0.1) is 0 Å². The smallest absolute Gasteiger partial charge is 0.330 e. The molecule has 0 spiro atoms. The van der Waals surface area contributed by atoms with E-state index in [-0.39, 0.29) is 12.3 Å². The molecule has 0 aliphatic rings. The van der Waals surface area contributed by atoms with E-state index < -0.39 is 7.28 Å². The molecule has 0 saturated carbocycles. The van der Waals surface area contributed by atoms with Crippen LogP contribution in [0.4, 0.5) is 0 Å². The summed E-state index contributed by atoms with van der Waals surface area (Å²) in [5.41, 5.74) is 5.42. The van der Waals surface area contributed by atoms with E-state index >= 15 is 0 Å². The van der Waals surface area contributed by atoms with Gasteiger partial charge in [0.15, 0.2) is 0 Å². The third kappa shape index (κ3) is 52.3. The second kappa shape index (κ2) is 45.0. The van der Waals surface area contributed by atoms with Gasteiger partial charge in [0.2, 0.25) is 0 Å². The van der Waals surface area contributed by atoms with Crippen LogP contribution in [-0.2, 0) is 0 Å². The summed E-state index contributed by atoms with van der Waals surface area (Å²) in [4.78, 5) is 31.4. The third-order valence-corrected chi connectivity index (χ3v) is 14.0. The molecule has 0 aromatic rings. The number of unbranched alkanes of at least 4 members (excludes halogenated alkanes) is 39. The minimum atomic E-state index is -4.39. The zero-order valence-electron chi connectivity index (χ0n) is 37.2. The molecule has 53 heavy (non-hydrogen) atoms. The summed E-state index contributed by atoms with van der Waals surface area (Å²) in [6.07, 6.45) is 56.1. The van der Waals surface area contributed by atoms with Gasteiger partial charge >= 0.3 is 176 Å². The van der Waals surface area contributed by atoms with Crippen molar-refractivity contribution in [3.05, 3.63) is 0 Å². The van der Waals surface area contributed by atoms with E-state index in [9.17, 15) is 14.7 Å². The van der Waals surface area contributed by atoms with Crippen molar-refractivity contribution in [1.29, 1.82) is 0 Å². The molecular formula is C48H104NO3P. The Labute approximate surface area is 336 Å². The summed E-state index contributed by atoms with van der Waals surface area (Å²) in [5, 5.41) is 0. The molecule has 0 unspecified atom stereocenters. The van der Waals surface area contributed by atoms with Crippen LogP contribution in [0.5, 0.6) is 0 Å². The first-order valence-electron chi connectivity index (χ1n) is 24.8. The van der Waals surface area contributed by atoms with Gasteiger partial charge < -0.3 is 5.73 Å². The van der Waals surface area contributed by atoms with Crippen molar-refractivity contribution >= 4 is 7.28 Å². The summed E-state index contributed by atoms with van der Waals surface area (Å²) < 4.78 is 0. The SMILES string of the molecule is CCCCCCCCCCCCCCCCCCP(O)(O)(O)CCCCCCCCCCCCCCCCCC.CCCCCCCCCCCCN. The second-order valence-corrected chi connectivity index (χ2v) is 20.9. The number of hydrogen-bond acceptors (Lipinski definition) is 4. The first-order valence-corrected chi connectivity index (χ1v) is 27.2. The molecule has 0 aliphatic carbocycles. The van der Waals surface area contributed by atoms with Crippen LogP contribution >= 0.6 is 7.28 Å². The molecular weight excluding hydrogens is 670 g/mol. The summed E-state index contributed by atoms with van der Waals surface area (Å²) in [6, 6.07) is 0. The van der Waals surface area contributed by atoms with Gasteiger partial charge in [-0.2, -0.15) is 0 Å². The molecule has 0 amide bonds. The van der Waals surface area contributed by atoms with Crippen LogP contribution in [0, 0.1) is 0 Å². The Balaban J connectivity index is 0. The summed E-state index contributed by atoms with van der Waals surface area (Å²) in [5.74, 6) is 0. The van der Waals surface area contributed by atoms with Crippen molar-refractivity contribution in [3.63, 3.8) is 0 Å². The van der Waals surface area contributed by atoms with Crippen molar-refractivity contribution < 1.29 is 14.7 Å². The third-order valence-electron chi connectivity index (χ3n) is 11.5. The molecule has 0 saturated heterocycles. The molecule has 5 heteroatoms. The molecule has 0 fully saturated rings. The van der Waals surface area contributed by atoms with Gasteiger partial charge in [0, 0.05) is 0 Å². The Morgan fingerprint density at radius 1 is 0.245 bits per heavy atom. The number of rotatable bonds is 44. The fraction of sp³-hybridized carbons (Fsp3) is 1.00. The molecule has 5 N–H and O–H groups in total. The van der Waals surface area contributed by atoms with Gasteiger partial charge in [0.25, 0.3) is 0 Å². The topological polar surface area (TPSA) is 86.7 Å². The Bertz CT molecular complexity index is 602. The fourth-order valence-corrected chi connectivity index (χ4v) is 9.68. The molecule has 0 heterocycles. The van der Waals surface area contributed by atoms with Crippen LogP contribution in [0.15, 0.2) is 0 Å². The standard InChI is InChI=1S/C36H77O3P.C12H27N/c1-3-5-7-9-11-13-15-17-19-21-23-25-27-29-31-33-35-40(37,38,39)36-34-32-30-28-26-24-22-20-18-16-14-12-10-8-6-4-2;1-2-3-4-5-6-7-8-9-10-11-12-13/h37-39H,3-36H2,1-2H3;2-13H2,1H3. The molecule has 0 aliphatic heterocycles. The summed E-state index contributed by atoms with van der Waals surface area (Å²) >= 11 is 0. The fourth-order valence-electron chi connectivity index (χ4n) is 7.71. The predicted octanol–water partition coefficient (Wildman–Crippen LogP) is 16.7. The zero-order valence-corrected chi connectivity index (χ0v) is 38.1. The van der Waals surface area contributed by atoms with Crippen molar-refractivity contribution in [3.8, 4) is 0 Å². The minimum Gasteiger partial charge on any atom is -0.330 e. The van der Waals surface area contributed by atoms with Crippen LogP contribution in [0.2, 0.25) is 0 Å². The van der Waals surface area contributed by atoms with Gasteiger partial charge in [-0.1, -0.05) is 143 Å². The summed E-state index contributed by atoms with van der Waals surface area (Å²) in [7, 11) is -4.39. The van der Waals surface area contributed by atoms with Gasteiger partial charge in [-0.05, 0) is 13.0 Å². The van der Waals surface area contributed by atoms with E-state index in [0.29, 0.717) is 0 Å². The van der Waals surface area contributed by atoms with Gasteiger partial charge in [-0.25, -0.2) is 0 Å². The molecule has 0 aromatic heterocycles. The Hall–Kier alpha value is 0.270. The van der Waals surface area contributed by atoms with E-state index in [1.165, 1.54) is 231 Å².